The first kappa shape index (κ1) is 19.1. The van der Waals surface area contributed by atoms with E-state index in [4.69, 9.17) is 4.42 Å². The Morgan fingerprint density at radius 3 is 2.69 bits per heavy atom. The Morgan fingerprint density at radius 1 is 1.17 bits per heavy atom. The van der Waals surface area contributed by atoms with Gasteiger partial charge in [0.25, 0.3) is 5.91 Å². The molecule has 6 heteroatoms. The lowest BCUT2D eigenvalue weighted by Gasteiger charge is -2.32. The number of rotatable bonds is 6. The van der Waals surface area contributed by atoms with Gasteiger partial charge in [0.05, 0.1) is 12.8 Å². The second kappa shape index (κ2) is 8.82. The molecule has 2 aromatic heterocycles. The number of carbonyl (C=O) groups is 1. The van der Waals surface area contributed by atoms with E-state index in [0.717, 1.165) is 30.5 Å². The third-order valence-corrected chi connectivity index (χ3v) is 5.32. The summed E-state index contributed by atoms with van der Waals surface area (Å²) in [5.41, 5.74) is 2.55. The molecule has 3 aromatic rings. The number of amides is 1. The van der Waals surface area contributed by atoms with E-state index < -0.39 is 0 Å². The van der Waals surface area contributed by atoms with Crippen molar-refractivity contribution < 1.29 is 9.21 Å². The number of aromatic nitrogens is 1. The molecule has 1 aromatic carbocycles. The van der Waals surface area contributed by atoms with Gasteiger partial charge in [-0.2, -0.15) is 0 Å². The van der Waals surface area contributed by atoms with Gasteiger partial charge in [0.2, 0.25) is 0 Å². The third kappa shape index (κ3) is 4.96. The van der Waals surface area contributed by atoms with Crippen LogP contribution in [0.4, 0.5) is 17.2 Å². The standard InChI is InChI=1S/C23H26N4O2/c1-17-9-12-27(13-10-17)20-6-4-19(5-7-20)26-23(28)18-8-11-24-22(15-18)25-16-21-3-2-14-29-21/h2-8,11,14-15,17H,9-10,12-13,16H2,1H3,(H,24,25)(H,26,28). The van der Waals surface area contributed by atoms with Gasteiger partial charge in [-0.15, -0.1) is 0 Å². The largest absolute Gasteiger partial charge is 0.467 e. The normalized spacial score (nSPS) is 14.6. The summed E-state index contributed by atoms with van der Waals surface area (Å²) >= 11 is 0. The van der Waals surface area contributed by atoms with Gasteiger partial charge in [-0.3, -0.25) is 4.79 Å². The Hall–Kier alpha value is -3.28. The Labute approximate surface area is 170 Å². The molecule has 0 spiro atoms. The lowest BCUT2D eigenvalue weighted by Crippen LogP contribution is -2.32. The summed E-state index contributed by atoms with van der Waals surface area (Å²) in [6.07, 6.45) is 5.72. The van der Waals surface area contributed by atoms with Crippen LogP contribution < -0.4 is 15.5 Å². The number of hydrogen-bond donors (Lipinski definition) is 2. The van der Waals surface area contributed by atoms with Gasteiger partial charge in [-0.05, 0) is 67.3 Å². The molecule has 1 amide bonds. The second-order valence-electron chi connectivity index (χ2n) is 7.53. The molecule has 1 saturated heterocycles. The zero-order valence-electron chi connectivity index (χ0n) is 16.6. The number of carbonyl (C=O) groups excluding carboxylic acids is 1. The van der Waals surface area contributed by atoms with Crippen molar-refractivity contribution in [1.29, 1.82) is 0 Å². The Bertz CT molecular complexity index is 930. The van der Waals surface area contributed by atoms with E-state index in [1.807, 2.05) is 24.3 Å². The van der Waals surface area contributed by atoms with E-state index in [-0.39, 0.29) is 5.91 Å². The fourth-order valence-corrected chi connectivity index (χ4v) is 3.48. The maximum Gasteiger partial charge on any atom is 0.255 e. The average Bonchev–Trinajstić information content (AvgIpc) is 3.27. The fourth-order valence-electron chi connectivity index (χ4n) is 3.48. The zero-order chi connectivity index (χ0) is 20.1. The molecule has 4 rings (SSSR count). The van der Waals surface area contributed by atoms with Crippen LogP contribution in [0.3, 0.4) is 0 Å². The number of nitrogens with zero attached hydrogens (tertiary/aromatic N) is 2. The number of anilines is 3. The van der Waals surface area contributed by atoms with Crippen LogP contribution in [0.15, 0.2) is 65.4 Å². The number of nitrogens with one attached hydrogen (secondary N) is 2. The molecular weight excluding hydrogens is 364 g/mol. The van der Waals surface area contributed by atoms with Crippen molar-refractivity contribution in [2.24, 2.45) is 5.92 Å². The van der Waals surface area contributed by atoms with Crippen LogP contribution in [0.2, 0.25) is 0 Å². The first-order valence-electron chi connectivity index (χ1n) is 10.1. The molecule has 1 fully saturated rings. The van der Waals surface area contributed by atoms with Crippen LogP contribution in [-0.2, 0) is 6.54 Å². The molecule has 3 heterocycles. The zero-order valence-corrected chi connectivity index (χ0v) is 16.6. The van der Waals surface area contributed by atoms with Gasteiger partial charge in [0.15, 0.2) is 0 Å². The molecule has 29 heavy (non-hydrogen) atoms. The molecule has 0 saturated carbocycles. The molecule has 1 aliphatic heterocycles. The first-order valence-corrected chi connectivity index (χ1v) is 10.1. The molecule has 1 aliphatic rings. The molecular formula is C23H26N4O2. The van der Waals surface area contributed by atoms with Gasteiger partial charge >= 0.3 is 0 Å². The molecule has 0 unspecified atom stereocenters. The molecule has 0 radical (unpaired) electrons. The summed E-state index contributed by atoms with van der Waals surface area (Å²) in [5, 5.41) is 6.12. The van der Waals surface area contributed by atoms with Crippen LogP contribution in [0, 0.1) is 5.92 Å². The van der Waals surface area contributed by atoms with Gasteiger partial charge in [0.1, 0.15) is 11.6 Å². The summed E-state index contributed by atoms with van der Waals surface area (Å²) < 4.78 is 5.30. The minimum absolute atomic E-state index is 0.159. The lowest BCUT2D eigenvalue weighted by atomic mass is 9.99. The molecule has 2 N–H and O–H groups in total. The quantitative estimate of drug-likeness (QED) is 0.634. The van der Waals surface area contributed by atoms with Gasteiger partial charge in [-0.1, -0.05) is 6.92 Å². The number of piperidine rings is 1. The topological polar surface area (TPSA) is 70.4 Å². The smallest absolute Gasteiger partial charge is 0.255 e. The number of benzene rings is 1. The lowest BCUT2D eigenvalue weighted by molar-refractivity contribution is 0.102. The predicted molar refractivity (Wildman–Crippen MR) is 115 cm³/mol. The third-order valence-electron chi connectivity index (χ3n) is 5.32. The van der Waals surface area contributed by atoms with Crippen molar-refractivity contribution in [3.63, 3.8) is 0 Å². The van der Waals surface area contributed by atoms with E-state index in [1.165, 1.54) is 18.5 Å². The number of furan rings is 1. The Balaban J connectivity index is 1.35. The summed E-state index contributed by atoms with van der Waals surface area (Å²) in [7, 11) is 0. The Kier molecular flexibility index (Phi) is 5.79. The molecule has 0 atom stereocenters. The van der Waals surface area contributed by atoms with E-state index in [2.05, 4.69) is 39.6 Å². The van der Waals surface area contributed by atoms with Crippen molar-refractivity contribution in [2.75, 3.05) is 28.6 Å². The van der Waals surface area contributed by atoms with Crippen molar-refractivity contribution in [1.82, 2.24) is 4.98 Å². The van der Waals surface area contributed by atoms with E-state index in [0.29, 0.717) is 17.9 Å². The van der Waals surface area contributed by atoms with Crippen molar-refractivity contribution in [3.05, 3.63) is 72.3 Å². The van der Waals surface area contributed by atoms with Crippen molar-refractivity contribution >= 4 is 23.1 Å². The van der Waals surface area contributed by atoms with Crippen molar-refractivity contribution in [3.8, 4) is 0 Å². The summed E-state index contributed by atoms with van der Waals surface area (Å²) in [5.74, 6) is 2.09. The monoisotopic (exact) mass is 390 g/mol. The summed E-state index contributed by atoms with van der Waals surface area (Å²) in [4.78, 5) is 19.3. The highest BCUT2D eigenvalue weighted by Gasteiger charge is 2.16. The fraction of sp³-hybridized carbons (Fsp3) is 0.304. The summed E-state index contributed by atoms with van der Waals surface area (Å²) in [6, 6.07) is 15.2. The van der Waals surface area contributed by atoms with Gasteiger partial charge in [0, 0.05) is 36.2 Å². The van der Waals surface area contributed by atoms with Crippen LogP contribution in [0.1, 0.15) is 35.9 Å². The van der Waals surface area contributed by atoms with Crippen LogP contribution in [-0.4, -0.2) is 24.0 Å². The maximum absolute atomic E-state index is 12.6. The van der Waals surface area contributed by atoms with Crippen LogP contribution in [0.5, 0.6) is 0 Å². The number of pyridine rings is 1. The first-order chi connectivity index (χ1) is 14.2. The highest BCUT2D eigenvalue weighted by atomic mass is 16.3. The second-order valence-corrected chi connectivity index (χ2v) is 7.53. The SMILES string of the molecule is CC1CCN(c2ccc(NC(=O)c3ccnc(NCc4ccco4)c3)cc2)CC1. The average molecular weight is 390 g/mol. The molecule has 6 nitrogen and oxygen atoms in total. The predicted octanol–water partition coefficient (Wildman–Crippen LogP) is 4.78. The van der Waals surface area contributed by atoms with Gasteiger partial charge in [-0.25, -0.2) is 4.98 Å². The van der Waals surface area contributed by atoms with E-state index in [1.54, 1.807) is 24.6 Å². The molecule has 0 aliphatic carbocycles. The highest BCUT2D eigenvalue weighted by Crippen LogP contribution is 2.24. The van der Waals surface area contributed by atoms with Crippen LogP contribution in [0.25, 0.3) is 0 Å². The number of hydrogen-bond acceptors (Lipinski definition) is 5. The minimum Gasteiger partial charge on any atom is -0.467 e. The van der Waals surface area contributed by atoms with Gasteiger partial charge < -0.3 is 20.0 Å². The molecule has 150 valence electrons. The Morgan fingerprint density at radius 2 is 1.97 bits per heavy atom. The van der Waals surface area contributed by atoms with Crippen molar-refractivity contribution in [2.45, 2.75) is 26.3 Å². The minimum atomic E-state index is -0.159. The summed E-state index contributed by atoms with van der Waals surface area (Å²) in [6.45, 7) is 5.02. The highest BCUT2D eigenvalue weighted by molar-refractivity contribution is 6.04. The van der Waals surface area contributed by atoms with E-state index >= 15 is 0 Å². The molecule has 0 bridgehead atoms. The van der Waals surface area contributed by atoms with E-state index in [9.17, 15) is 4.79 Å². The van der Waals surface area contributed by atoms with Crippen LogP contribution >= 0.6 is 0 Å². The maximum atomic E-state index is 12.6.